The van der Waals surface area contributed by atoms with Gasteiger partial charge in [-0.05, 0) is 0 Å². The summed E-state index contributed by atoms with van der Waals surface area (Å²) in [5.41, 5.74) is -1.47. The number of alkyl halides is 2. The van der Waals surface area contributed by atoms with Crippen LogP contribution in [0.2, 0.25) is 0 Å². The number of hydrogen-bond donors (Lipinski definition) is 1. The fraction of sp³-hybridized carbons (Fsp3) is 0.222. The minimum Gasteiger partial charge on any atom is -0.454 e. The van der Waals surface area contributed by atoms with Crippen LogP contribution >= 0.6 is 0 Å². The molecular weight excluding hydrogens is 315 g/mol. The van der Waals surface area contributed by atoms with Crippen LogP contribution in [0.5, 0.6) is 0 Å². The summed E-state index contributed by atoms with van der Waals surface area (Å²) in [5, 5.41) is -4.85. The molecule has 5 nitrogen and oxygen atoms in total. The Morgan fingerprint density at radius 2 is 1.65 bits per heavy atom. The minimum atomic E-state index is -5.87. The molecule has 1 rings (SSSR count). The SMILES string of the molecule is O=C(OCC(F)(F)S(=O)(=O)O)c1c(F)cc(F)cc1F. The molecule has 0 atom stereocenters. The second-order valence-electron chi connectivity index (χ2n) is 3.43. The van der Waals surface area contributed by atoms with Crippen LogP contribution in [0.4, 0.5) is 22.0 Å². The molecule has 11 heteroatoms. The van der Waals surface area contributed by atoms with Gasteiger partial charge in [-0.3, -0.25) is 4.55 Å². The summed E-state index contributed by atoms with van der Waals surface area (Å²) in [4.78, 5) is 11.1. The number of benzene rings is 1. The van der Waals surface area contributed by atoms with Crippen molar-refractivity contribution in [3.63, 3.8) is 0 Å². The van der Waals surface area contributed by atoms with Crippen LogP contribution in [0.1, 0.15) is 10.4 Å². The summed E-state index contributed by atoms with van der Waals surface area (Å²) in [5.74, 6) is -6.78. The van der Waals surface area contributed by atoms with E-state index in [2.05, 4.69) is 4.74 Å². The van der Waals surface area contributed by atoms with Gasteiger partial charge in [0.25, 0.3) is 0 Å². The third-order valence-electron chi connectivity index (χ3n) is 1.96. The highest BCUT2D eigenvalue weighted by Crippen LogP contribution is 2.22. The zero-order valence-corrected chi connectivity index (χ0v) is 10.1. The largest absolute Gasteiger partial charge is 0.454 e. The van der Waals surface area contributed by atoms with E-state index in [1.54, 1.807) is 0 Å². The molecule has 0 amide bonds. The maximum atomic E-state index is 13.1. The number of esters is 1. The van der Waals surface area contributed by atoms with Gasteiger partial charge in [0.2, 0.25) is 0 Å². The maximum Gasteiger partial charge on any atom is 0.402 e. The van der Waals surface area contributed by atoms with Gasteiger partial charge in [-0.15, -0.1) is 0 Å². The highest BCUT2D eigenvalue weighted by atomic mass is 32.2. The molecule has 0 aliphatic rings. The number of ether oxygens (including phenoxy) is 1. The summed E-state index contributed by atoms with van der Waals surface area (Å²) in [6.07, 6.45) is 0. The Morgan fingerprint density at radius 3 is 2.05 bits per heavy atom. The number of hydrogen-bond acceptors (Lipinski definition) is 4. The molecule has 0 heterocycles. The van der Waals surface area contributed by atoms with Crippen molar-refractivity contribution in [1.82, 2.24) is 0 Å². The first-order chi connectivity index (χ1) is 8.95. The van der Waals surface area contributed by atoms with E-state index in [4.69, 9.17) is 4.55 Å². The van der Waals surface area contributed by atoms with Gasteiger partial charge in [0.05, 0.1) is 0 Å². The molecule has 112 valence electrons. The van der Waals surface area contributed by atoms with Gasteiger partial charge in [-0.25, -0.2) is 18.0 Å². The van der Waals surface area contributed by atoms with Crippen LogP contribution in [0, 0.1) is 17.5 Å². The number of rotatable bonds is 4. The molecule has 0 spiro atoms. The van der Waals surface area contributed by atoms with E-state index in [9.17, 15) is 35.2 Å². The van der Waals surface area contributed by atoms with Crippen molar-refractivity contribution in [2.75, 3.05) is 6.61 Å². The predicted molar refractivity (Wildman–Crippen MR) is 53.1 cm³/mol. The molecule has 0 aliphatic heterocycles. The minimum absolute atomic E-state index is 0.0978. The quantitative estimate of drug-likeness (QED) is 0.519. The van der Waals surface area contributed by atoms with Crippen molar-refractivity contribution in [2.24, 2.45) is 0 Å². The van der Waals surface area contributed by atoms with Gasteiger partial charge in [0.1, 0.15) is 23.0 Å². The Labute approximate surface area is 108 Å². The lowest BCUT2D eigenvalue weighted by molar-refractivity contribution is -0.0101. The van der Waals surface area contributed by atoms with Crippen LogP contribution in [-0.2, 0) is 14.9 Å². The standard InChI is InChI=1S/C9H5F5O5S/c10-4-1-5(11)7(6(12)2-4)8(15)19-3-9(13,14)20(16,17)18/h1-2H,3H2,(H,16,17,18). The third-order valence-corrected chi connectivity index (χ3v) is 2.83. The van der Waals surface area contributed by atoms with Crippen molar-refractivity contribution in [3.05, 3.63) is 35.1 Å². The molecule has 0 unspecified atom stereocenters. The van der Waals surface area contributed by atoms with E-state index < -0.39 is 51.0 Å². The molecule has 1 aromatic rings. The summed E-state index contributed by atoms with van der Waals surface area (Å²) in [6, 6.07) is 0.196. The zero-order chi connectivity index (χ0) is 15.7. The number of carbonyl (C=O) groups excluding carboxylic acids is 1. The highest BCUT2D eigenvalue weighted by molar-refractivity contribution is 7.86. The smallest absolute Gasteiger partial charge is 0.402 e. The Hall–Kier alpha value is -1.75. The average Bonchev–Trinajstić information content (AvgIpc) is 2.23. The van der Waals surface area contributed by atoms with Gasteiger partial charge in [0.15, 0.2) is 6.61 Å². The first-order valence-corrected chi connectivity index (χ1v) is 6.06. The molecular formula is C9H5F5O5S. The van der Waals surface area contributed by atoms with Crippen molar-refractivity contribution < 1.29 is 44.5 Å². The summed E-state index contributed by atoms with van der Waals surface area (Å²) in [7, 11) is -5.87. The Kier molecular flexibility index (Phi) is 4.34. The zero-order valence-electron chi connectivity index (χ0n) is 9.24. The van der Waals surface area contributed by atoms with Gasteiger partial charge < -0.3 is 4.74 Å². The first kappa shape index (κ1) is 16.3. The monoisotopic (exact) mass is 320 g/mol. The van der Waals surface area contributed by atoms with Crippen molar-refractivity contribution in [3.8, 4) is 0 Å². The number of halogens is 5. The fourth-order valence-electron chi connectivity index (χ4n) is 1.03. The second-order valence-corrected chi connectivity index (χ2v) is 4.98. The lowest BCUT2D eigenvalue weighted by atomic mass is 10.2. The topological polar surface area (TPSA) is 80.7 Å². The average molecular weight is 320 g/mol. The summed E-state index contributed by atoms with van der Waals surface area (Å²) >= 11 is 0. The molecule has 0 saturated heterocycles. The number of carbonyl (C=O) groups is 1. The van der Waals surface area contributed by atoms with E-state index >= 15 is 0 Å². The van der Waals surface area contributed by atoms with E-state index in [0.29, 0.717) is 0 Å². The van der Waals surface area contributed by atoms with Crippen LogP contribution in [0.25, 0.3) is 0 Å². The van der Waals surface area contributed by atoms with Crippen LogP contribution in [0.15, 0.2) is 12.1 Å². The summed E-state index contributed by atoms with van der Waals surface area (Å²) in [6.45, 7) is -2.17. The van der Waals surface area contributed by atoms with Crippen LogP contribution in [-0.4, -0.2) is 30.8 Å². The van der Waals surface area contributed by atoms with Crippen molar-refractivity contribution >= 4 is 16.1 Å². The van der Waals surface area contributed by atoms with E-state index in [1.165, 1.54) is 0 Å². The Balaban J connectivity index is 2.95. The maximum absolute atomic E-state index is 13.1. The molecule has 20 heavy (non-hydrogen) atoms. The van der Waals surface area contributed by atoms with Crippen molar-refractivity contribution in [1.29, 1.82) is 0 Å². The van der Waals surface area contributed by atoms with Crippen LogP contribution < -0.4 is 0 Å². The molecule has 0 fully saturated rings. The van der Waals surface area contributed by atoms with Gasteiger partial charge in [0, 0.05) is 12.1 Å². The van der Waals surface area contributed by atoms with Crippen LogP contribution in [0.3, 0.4) is 0 Å². The predicted octanol–water partition coefficient (Wildman–Crippen LogP) is 1.74. The Morgan fingerprint density at radius 1 is 1.20 bits per heavy atom. The fourth-order valence-corrected chi connectivity index (χ4v) is 1.24. The van der Waals surface area contributed by atoms with E-state index in [1.807, 2.05) is 0 Å². The second kappa shape index (κ2) is 5.32. The first-order valence-electron chi connectivity index (χ1n) is 4.62. The lowest BCUT2D eigenvalue weighted by Gasteiger charge is -2.13. The van der Waals surface area contributed by atoms with Gasteiger partial charge in [-0.2, -0.15) is 17.2 Å². The molecule has 0 aromatic heterocycles. The molecule has 0 bridgehead atoms. The normalized spacial score (nSPS) is 12.3. The lowest BCUT2D eigenvalue weighted by Crippen LogP contribution is -2.34. The van der Waals surface area contributed by atoms with E-state index in [0.717, 1.165) is 0 Å². The van der Waals surface area contributed by atoms with Gasteiger partial charge in [-0.1, -0.05) is 0 Å². The van der Waals surface area contributed by atoms with Gasteiger partial charge >= 0.3 is 21.3 Å². The molecule has 0 aliphatic carbocycles. The Bertz CT molecular complexity index is 619. The molecule has 1 N–H and O–H groups in total. The molecule has 0 saturated carbocycles. The molecule has 0 radical (unpaired) electrons. The van der Waals surface area contributed by atoms with Crippen molar-refractivity contribution in [2.45, 2.75) is 5.25 Å². The third kappa shape index (κ3) is 3.42. The molecule has 1 aromatic carbocycles. The highest BCUT2D eigenvalue weighted by Gasteiger charge is 2.45. The van der Waals surface area contributed by atoms with E-state index in [-0.39, 0.29) is 12.1 Å². The summed E-state index contributed by atoms with van der Waals surface area (Å²) < 4.78 is 96.3.